The summed E-state index contributed by atoms with van der Waals surface area (Å²) in [4.78, 5) is 35.6. The highest BCUT2D eigenvalue weighted by Gasteiger charge is 2.24. The van der Waals surface area contributed by atoms with Crippen molar-refractivity contribution in [3.63, 3.8) is 0 Å². The van der Waals surface area contributed by atoms with Crippen molar-refractivity contribution in [1.82, 2.24) is 14.7 Å². The average Bonchev–Trinajstić information content (AvgIpc) is 2.70. The molecule has 1 atom stereocenters. The lowest BCUT2D eigenvalue weighted by Gasteiger charge is -2.15. The SMILES string of the molecule is O=C(Cn1[nH]c(=O)ccc1=O)N1CCC(O)C1. The van der Waals surface area contributed by atoms with Crippen molar-refractivity contribution in [1.29, 1.82) is 0 Å². The van der Waals surface area contributed by atoms with Gasteiger partial charge in [0.05, 0.1) is 6.10 Å². The van der Waals surface area contributed by atoms with Crippen molar-refractivity contribution in [3.8, 4) is 0 Å². The maximum absolute atomic E-state index is 11.8. The summed E-state index contributed by atoms with van der Waals surface area (Å²) >= 11 is 0. The number of β-amino-alcohol motifs (C(OH)–C–C–N with tert-alkyl or cyclic N) is 1. The fourth-order valence-electron chi connectivity index (χ4n) is 1.78. The van der Waals surface area contributed by atoms with E-state index in [-0.39, 0.29) is 19.0 Å². The van der Waals surface area contributed by atoms with Crippen LogP contribution in [0.15, 0.2) is 21.7 Å². The Bertz CT molecular complexity index is 533. The van der Waals surface area contributed by atoms with Crippen molar-refractivity contribution >= 4 is 5.91 Å². The molecule has 2 N–H and O–H groups in total. The Hall–Kier alpha value is -1.89. The van der Waals surface area contributed by atoms with E-state index < -0.39 is 17.2 Å². The highest BCUT2D eigenvalue weighted by atomic mass is 16.3. The number of aromatic nitrogens is 2. The summed E-state index contributed by atoms with van der Waals surface area (Å²) < 4.78 is 0.968. The molecule has 1 saturated heterocycles. The maximum Gasteiger partial charge on any atom is 0.265 e. The lowest BCUT2D eigenvalue weighted by molar-refractivity contribution is -0.131. The van der Waals surface area contributed by atoms with Crippen molar-refractivity contribution < 1.29 is 9.90 Å². The molecule has 1 aromatic heterocycles. The second kappa shape index (κ2) is 4.54. The zero-order valence-electron chi connectivity index (χ0n) is 9.13. The van der Waals surface area contributed by atoms with Gasteiger partial charge in [-0.2, -0.15) is 0 Å². The van der Waals surface area contributed by atoms with Gasteiger partial charge in [-0.25, -0.2) is 4.68 Å². The van der Waals surface area contributed by atoms with Crippen LogP contribution in [-0.4, -0.2) is 44.9 Å². The molecular formula is C10H13N3O4. The van der Waals surface area contributed by atoms with Crippen molar-refractivity contribution in [2.24, 2.45) is 0 Å². The van der Waals surface area contributed by atoms with Gasteiger partial charge in [-0.3, -0.25) is 19.5 Å². The summed E-state index contributed by atoms with van der Waals surface area (Å²) in [6.45, 7) is 0.554. The van der Waals surface area contributed by atoms with Crippen LogP contribution in [0.25, 0.3) is 0 Å². The van der Waals surface area contributed by atoms with Crippen molar-refractivity contribution in [2.45, 2.75) is 19.1 Å². The predicted molar refractivity (Wildman–Crippen MR) is 58.5 cm³/mol. The number of H-pyrrole nitrogens is 1. The maximum atomic E-state index is 11.8. The Kier molecular flexibility index (Phi) is 3.10. The van der Waals surface area contributed by atoms with Crippen LogP contribution in [-0.2, 0) is 11.3 Å². The first kappa shape index (κ1) is 11.6. The summed E-state index contributed by atoms with van der Waals surface area (Å²) in [7, 11) is 0. The summed E-state index contributed by atoms with van der Waals surface area (Å²) in [6.07, 6.45) is 0.0527. The van der Waals surface area contributed by atoms with Crippen LogP contribution in [0.4, 0.5) is 0 Å². The molecule has 1 amide bonds. The molecule has 0 spiro atoms. The number of carbonyl (C=O) groups is 1. The van der Waals surface area contributed by atoms with E-state index in [0.29, 0.717) is 13.0 Å². The van der Waals surface area contributed by atoms with E-state index in [0.717, 1.165) is 16.8 Å². The smallest absolute Gasteiger partial charge is 0.265 e. The summed E-state index contributed by atoms with van der Waals surface area (Å²) in [5.74, 6) is -0.287. The molecule has 1 aromatic rings. The zero-order chi connectivity index (χ0) is 12.4. The molecule has 0 saturated carbocycles. The van der Waals surface area contributed by atoms with Gasteiger partial charge < -0.3 is 10.0 Å². The van der Waals surface area contributed by atoms with Crippen LogP contribution >= 0.6 is 0 Å². The van der Waals surface area contributed by atoms with Crippen LogP contribution in [0.2, 0.25) is 0 Å². The quantitative estimate of drug-likeness (QED) is 0.632. The van der Waals surface area contributed by atoms with E-state index in [2.05, 4.69) is 5.10 Å². The molecular weight excluding hydrogens is 226 g/mol. The molecule has 0 bridgehead atoms. The third kappa shape index (κ3) is 2.62. The minimum atomic E-state index is -0.495. The van der Waals surface area contributed by atoms with Crippen LogP contribution in [0.5, 0.6) is 0 Å². The number of aliphatic hydroxyl groups is 1. The number of aliphatic hydroxyl groups excluding tert-OH is 1. The van der Waals surface area contributed by atoms with Gasteiger partial charge in [0.25, 0.3) is 11.1 Å². The van der Waals surface area contributed by atoms with E-state index >= 15 is 0 Å². The number of amides is 1. The number of hydrogen-bond donors (Lipinski definition) is 2. The first-order valence-corrected chi connectivity index (χ1v) is 5.32. The molecule has 7 heteroatoms. The topological polar surface area (TPSA) is 95.4 Å². The lowest BCUT2D eigenvalue weighted by Crippen LogP contribution is -2.38. The fourth-order valence-corrected chi connectivity index (χ4v) is 1.78. The Labute approximate surface area is 96.3 Å². The Morgan fingerprint density at radius 3 is 2.88 bits per heavy atom. The molecule has 0 aliphatic carbocycles. The summed E-state index contributed by atoms with van der Waals surface area (Å²) in [6, 6.07) is 2.23. The number of likely N-dealkylation sites (tertiary alicyclic amines) is 1. The molecule has 7 nitrogen and oxygen atoms in total. The zero-order valence-corrected chi connectivity index (χ0v) is 9.13. The van der Waals surface area contributed by atoms with E-state index in [1.165, 1.54) is 4.90 Å². The number of carbonyl (C=O) groups excluding carboxylic acids is 1. The van der Waals surface area contributed by atoms with Gasteiger partial charge in [-0.15, -0.1) is 0 Å². The minimum Gasteiger partial charge on any atom is -0.391 e. The average molecular weight is 239 g/mol. The molecule has 92 valence electrons. The number of aromatic amines is 1. The Morgan fingerprint density at radius 1 is 1.47 bits per heavy atom. The number of rotatable bonds is 2. The summed E-state index contributed by atoms with van der Waals surface area (Å²) in [5.41, 5.74) is -0.864. The third-order valence-corrected chi connectivity index (χ3v) is 2.70. The highest BCUT2D eigenvalue weighted by molar-refractivity contribution is 5.76. The second-order valence-electron chi connectivity index (χ2n) is 4.02. The summed E-state index contributed by atoms with van der Waals surface area (Å²) in [5, 5.41) is 11.6. The van der Waals surface area contributed by atoms with Gasteiger partial charge in [0.1, 0.15) is 6.54 Å². The standard InChI is InChI=1S/C10H13N3O4/c14-7-3-4-12(5-7)10(17)6-13-9(16)2-1-8(15)11-13/h1-2,7,14H,3-6H2,(H,11,15). The molecule has 1 unspecified atom stereocenters. The van der Waals surface area contributed by atoms with Crippen LogP contribution < -0.4 is 11.1 Å². The second-order valence-corrected chi connectivity index (χ2v) is 4.02. The van der Waals surface area contributed by atoms with Crippen molar-refractivity contribution in [2.75, 3.05) is 13.1 Å². The van der Waals surface area contributed by atoms with Crippen LogP contribution in [0, 0.1) is 0 Å². The largest absolute Gasteiger partial charge is 0.391 e. The first-order chi connectivity index (χ1) is 8.06. The third-order valence-electron chi connectivity index (χ3n) is 2.70. The van der Waals surface area contributed by atoms with Gasteiger partial charge in [-0.1, -0.05) is 0 Å². The number of nitrogens with one attached hydrogen (secondary N) is 1. The Morgan fingerprint density at radius 2 is 2.24 bits per heavy atom. The molecule has 1 aliphatic heterocycles. The predicted octanol–water partition coefficient (Wildman–Crippen LogP) is -1.87. The molecule has 17 heavy (non-hydrogen) atoms. The monoisotopic (exact) mass is 239 g/mol. The molecule has 2 heterocycles. The van der Waals surface area contributed by atoms with Crippen LogP contribution in [0.3, 0.4) is 0 Å². The van der Waals surface area contributed by atoms with E-state index in [1.54, 1.807) is 0 Å². The molecule has 2 rings (SSSR count). The van der Waals surface area contributed by atoms with Gasteiger partial charge in [0, 0.05) is 25.2 Å². The van der Waals surface area contributed by atoms with E-state index in [1.807, 2.05) is 0 Å². The van der Waals surface area contributed by atoms with Gasteiger partial charge in [-0.05, 0) is 6.42 Å². The lowest BCUT2D eigenvalue weighted by atomic mass is 10.3. The minimum absolute atomic E-state index is 0.207. The van der Waals surface area contributed by atoms with Crippen molar-refractivity contribution in [3.05, 3.63) is 32.8 Å². The Balaban J connectivity index is 2.10. The fraction of sp³-hybridized carbons (Fsp3) is 0.500. The normalized spacial score (nSPS) is 19.6. The van der Waals surface area contributed by atoms with Gasteiger partial charge in [0.2, 0.25) is 5.91 Å². The van der Waals surface area contributed by atoms with Crippen LogP contribution in [0.1, 0.15) is 6.42 Å². The molecule has 0 radical (unpaired) electrons. The molecule has 1 aliphatic rings. The van der Waals surface area contributed by atoms with Gasteiger partial charge in [0.15, 0.2) is 0 Å². The number of hydrogen-bond acceptors (Lipinski definition) is 4. The van der Waals surface area contributed by atoms with E-state index in [4.69, 9.17) is 0 Å². The highest BCUT2D eigenvalue weighted by Crippen LogP contribution is 2.08. The van der Waals surface area contributed by atoms with E-state index in [9.17, 15) is 19.5 Å². The molecule has 0 aromatic carbocycles. The number of nitrogens with zero attached hydrogens (tertiary/aromatic N) is 2. The molecule has 1 fully saturated rings. The van der Waals surface area contributed by atoms with Gasteiger partial charge >= 0.3 is 0 Å². The first-order valence-electron chi connectivity index (χ1n) is 5.32.